The van der Waals surface area contributed by atoms with Gasteiger partial charge in [0.1, 0.15) is 0 Å². The zero-order valence-electron chi connectivity index (χ0n) is 27.9. The molecule has 1 unspecified atom stereocenters. The first-order valence-electron chi connectivity index (χ1n) is 16.6. The highest BCUT2D eigenvalue weighted by atomic mass is 15.1. The van der Waals surface area contributed by atoms with E-state index in [-0.39, 0.29) is 0 Å². The maximum Gasteiger partial charge on any atom is 0.0494 e. The quantitative estimate of drug-likeness (QED) is 0.134. The summed E-state index contributed by atoms with van der Waals surface area (Å²) in [5.41, 5.74) is 16.6. The van der Waals surface area contributed by atoms with Crippen molar-refractivity contribution in [3.63, 3.8) is 0 Å². The van der Waals surface area contributed by atoms with Crippen LogP contribution in [-0.4, -0.2) is 7.05 Å². The van der Waals surface area contributed by atoms with E-state index in [9.17, 15) is 0 Å². The smallest absolute Gasteiger partial charge is 0.0494 e. The topological polar surface area (TPSA) is 29.3 Å². The van der Waals surface area contributed by atoms with Crippen LogP contribution in [0.3, 0.4) is 0 Å². The Bertz CT molecular complexity index is 1920. The lowest BCUT2D eigenvalue weighted by atomic mass is 9.93. The van der Waals surface area contributed by atoms with Crippen molar-refractivity contribution in [3.8, 4) is 22.3 Å². The van der Waals surface area contributed by atoms with Gasteiger partial charge in [-0.2, -0.15) is 0 Å². The lowest BCUT2D eigenvalue weighted by Crippen LogP contribution is -2.11. The third-order valence-corrected chi connectivity index (χ3v) is 8.57. The van der Waals surface area contributed by atoms with E-state index in [0.29, 0.717) is 5.92 Å². The molecule has 0 fully saturated rings. The van der Waals surface area contributed by atoms with Gasteiger partial charge < -0.3 is 10.6 Å². The Balaban J connectivity index is 1.52. The molecule has 2 N–H and O–H groups in total. The summed E-state index contributed by atoms with van der Waals surface area (Å²) in [5.74, 6) is 0.423. The molecule has 0 aromatic heterocycles. The molecule has 0 radical (unpaired) electrons. The van der Waals surface area contributed by atoms with Gasteiger partial charge in [0, 0.05) is 30.2 Å². The molecule has 0 heterocycles. The molecule has 47 heavy (non-hydrogen) atoms. The maximum absolute atomic E-state index is 6.19. The lowest BCUT2D eigenvalue weighted by Gasteiger charge is -2.24. The van der Waals surface area contributed by atoms with Gasteiger partial charge in [0.2, 0.25) is 0 Å². The Labute approximate surface area is 281 Å². The first-order chi connectivity index (χ1) is 23.0. The molecular formula is C45H46N2. The number of nitrogens with zero attached hydrogens (tertiary/aromatic N) is 1. The van der Waals surface area contributed by atoms with E-state index in [0.717, 1.165) is 41.8 Å². The molecule has 2 heteroatoms. The van der Waals surface area contributed by atoms with Gasteiger partial charge in [0.25, 0.3) is 0 Å². The molecule has 2 nitrogen and oxygen atoms in total. The molecule has 1 atom stereocenters. The molecule has 0 amide bonds. The van der Waals surface area contributed by atoms with Crippen LogP contribution in [0.4, 0.5) is 11.4 Å². The molecule has 5 aromatic carbocycles. The van der Waals surface area contributed by atoms with Gasteiger partial charge >= 0.3 is 0 Å². The van der Waals surface area contributed by atoms with Crippen molar-refractivity contribution in [2.45, 2.75) is 33.1 Å². The highest BCUT2D eigenvalue weighted by Gasteiger charge is 2.14. The zero-order valence-corrected chi connectivity index (χ0v) is 27.9. The van der Waals surface area contributed by atoms with Crippen LogP contribution >= 0.6 is 0 Å². The average molecular weight is 615 g/mol. The fourth-order valence-electron chi connectivity index (χ4n) is 5.89. The second-order valence-corrected chi connectivity index (χ2v) is 12.0. The van der Waals surface area contributed by atoms with Crippen molar-refractivity contribution in [1.29, 1.82) is 0 Å². The Morgan fingerprint density at radius 2 is 1.51 bits per heavy atom. The Morgan fingerprint density at radius 3 is 2.21 bits per heavy atom. The standard InChI is InChI=1S/C45H46N2/c1-5-7-10-18-35-19-13-14-23-43(35)39-26-24-37-31-40(27-25-36(37)30-39)44-29-28-38(32-45(44)47(4)42-21-11-9-12-22-42)41(33-46)20-15-17-34(3)16-8-6-2/h6,8-16,18-34H,2,5,7,17,46H2,1,3-4H3/b16-8-,18-10-,20-15-,41-33+. The fourth-order valence-corrected chi connectivity index (χ4v) is 5.89. The van der Waals surface area contributed by atoms with E-state index in [1.165, 1.54) is 38.6 Å². The van der Waals surface area contributed by atoms with Crippen molar-refractivity contribution >= 4 is 33.8 Å². The van der Waals surface area contributed by atoms with Crippen LogP contribution in [0.25, 0.3) is 44.7 Å². The lowest BCUT2D eigenvalue weighted by molar-refractivity contribution is 0.745. The van der Waals surface area contributed by atoms with Gasteiger partial charge in [-0.3, -0.25) is 0 Å². The van der Waals surface area contributed by atoms with Gasteiger partial charge in [0.15, 0.2) is 0 Å². The van der Waals surface area contributed by atoms with Crippen molar-refractivity contribution in [1.82, 2.24) is 0 Å². The van der Waals surface area contributed by atoms with E-state index in [1.54, 1.807) is 6.20 Å². The van der Waals surface area contributed by atoms with E-state index >= 15 is 0 Å². The van der Waals surface area contributed by atoms with Crippen molar-refractivity contribution in [2.75, 3.05) is 11.9 Å². The highest BCUT2D eigenvalue weighted by Crippen LogP contribution is 2.38. The van der Waals surface area contributed by atoms with Crippen LogP contribution in [-0.2, 0) is 0 Å². The monoisotopic (exact) mass is 614 g/mol. The number of hydrogen-bond acceptors (Lipinski definition) is 2. The number of fused-ring (bicyclic) bond motifs is 1. The third-order valence-electron chi connectivity index (χ3n) is 8.57. The van der Waals surface area contributed by atoms with Gasteiger partial charge in [-0.15, -0.1) is 0 Å². The third kappa shape index (κ3) is 8.28. The molecule has 5 rings (SSSR count). The first kappa shape index (κ1) is 33.0. The van der Waals surface area contributed by atoms with Gasteiger partial charge in [-0.05, 0) is 93.3 Å². The second-order valence-electron chi connectivity index (χ2n) is 12.0. The number of benzene rings is 5. The van der Waals surface area contributed by atoms with Crippen LogP contribution < -0.4 is 10.6 Å². The van der Waals surface area contributed by atoms with E-state index in [4.69, 9.17) is 5.73 Å². The molecule has 0 saturated carbocycles. The van der Waals surface area contributed by atoms with E-state index in [1.807, 2.05) is 12.2 Å². The minimum atomic E-state index is 0.423. The molecule has 0 saturated heterocycles. The molecule has 0 bridgehead atoms. The summed E-state index contributed by atoms with van der Waals surface area (Å²) >= 11 is 0. The number of nitrogens with two attached hydrogens (primary N) is 1. The van der Waals surface area contributed by atoms with Gasteiger partial charge in [-0.25, -0.2) is 0 Å². The minimum absolute atomic E-state index is 0.423. The Kier molecular flexibility index (Phi) is 11.4. The number of anilines is 2. The number of para-hydroxylation sites is 1. The summed E-state index contributed by atoms with van der Waals surface area (Å²) in [6.07, 6.45) is 19.7. The number of allylic oxidation sites excluding steroid dienone is 7. The van der Waals surface area contributed by atoms with Crippen LogP contribution in [0.15, 0.2) is 158 Å². The van der Waals surface area contributed by atoms with Crippen molar-refractivity contribution in [3.05, 3.63) is 170 Å². The van der Waals surface area contributed by atoms with E-state index < -0.39 is 0 Å². The molecule has 0 spiro atoms. The first-order valence-corrected chi connectivity index (χ1v) is 16.6. The van der Waals surface area contributed by atoms with E-state index in [2.05, 4.69) is 172 Å². The normalized spacial score (nSPS) is 12.8. The van der Waals surface area contributed by atoms with Crippen molar-refractivity contribution < 1.29 is 0 Å². The fraction of sp³-hybridized carbons (Fsp3) is 0.156. The molecule has 0 aliphatic rings. The molecular weight excluding hydrogens is 569 g/mol. The SMILES string of the molecule is C=C/C=C\C(C)C/C=C\C(=C/N)c1ccc(-c2ccc3cc(-c4ccccc4/C=C\CCC)ccc3c2)c(N(C)c2ccccc2)c1. The summed E-state index contributed by atoms with van der Waals surface area (Å²) in [5, 5.41) is 2.44. The summed E-state index contributed by atoms with van der Waals surface area (Å²) in [6, 6.07) is 39.4. The molecule has 236 valence electrons. The number of unbranched alkanes of at least 4 members (excludes halogenated alkanes) is 1. The summed E-state index contributed by atoms with van der Waals surface area (Å²) in [7, 11) is 2.13. The Hall–Kier alpha value is -5.34. The molecule has 5 aromatic rings. The van der Waals surface area contributed by atoms with Crippen LogP contribution in [0.1, 0.15) is 44.2 Å². The number of rotatable bonds is 13. The Morgan fingerprint density at radius 1 is 0.809 bits per heavy atom. The summed E-state index contributed by atoms with van der Waals surface area (Å²) < 4.78 is 0. The average Bonchev–Trinajstić information content (AvgIpc) is 3.12. The van der Waals surface area contributed by atoms with Gasteiger partial charge in [0.05, 0.1) is 0 Å². The highest BCUT2D eigenvalue weighted by molar-refractivity contribution is 5.94. The number of hydrogen-bond donors (Lipinski definition) is 1. The van der Waals surface area contributed by atoms with Gasteiger partial charge in [-0.1, -0.05) is 148 Å². The van der Waals surface area contributed by atoms with Crippen LogP contribution in [0.2, 0.25) is 0 Å². The summed E-state index contributed by atoms with van der Waals surface area (Å²) in [6.45, 7) is 8.19. The zero-order chi connectivity index (χ0) is 33.0. The predicted molar refractivity (Wildman–Crippen MR) is 208 cm³/mol. The second kappa shape index (κ2) is 16.3. The van der Waals surface area contributed by atoms with Crippen LogP contribution in [0.5, 0.6) is 0 Å². The predicted octanol–water partition coefficient (Wildman–Crippen LogP) is 12.4. The molecule has 0 aliphatic heterocycles. The summed E-state index contributed by atoms with van der Waals surface area (Å²) in [4.78, 5) is 2.26. The largest absolute Gasteiger partial charge is 0.404 e. The maximum atomic E-state index is 6.19. The molecule has 0 aliphatic carbocycles. The minimum Gasteiger partial charge on any atom is -0.404 e. The van der Waals surface area contributed by atoms with Crippen molar-refractivity contribution in [2.24, 2.45) is 11.7 Å². The van der Waals surface area contributed by atoms with Crippen LogP contribution in [0, 0.1) is 5.92 Å².